The highest BCUT2D eigenvalue weighted by atomic mass is 16.5. The molecule has 9 heteroatoms. The lowest BCUT2D eigenvalue weighted by molar-refractivity contribution is -0.123. The smallest absolute Gasteiger partial charge is 0.290 e. The van der Waals surface area contributed by atoms with Gasteiger partial charge >= 0.3 is 0 Å². The second kappa shape index (κ2) is 40.9. The Balaban J connectivity index is -0.000000385. The lowest BCUT2D eigenvalue weighted by Gasteiger charge is -2.11. The van der Waals surface area contributed by atoms with Gasteiger partial charge in [-0.15, -0.1) is 0 Å². The maximum Gasteiger partial charge on any atom is 0.290 e. The van der Waals surface area contributed by atoms with Crippen molar-refractivity contribution in [3.05, 3.63) is 41.5 Å². The van der Waals surface area contributed by atoms with Gasteiger partial charge in [-0.1, -0.05) is 58.7 Å². The van der Waals surface area contributed by atoms with Crippen molar-refractivity contribution in [2.75, 3.05) is 52.9 Å². The van der Waals surface area contributed by atoms with Crippen LogP contribution in [-0.4, -0.2) is 71.4 Å². The van der Waals surface area contributed by atoms with E-state index in [1.807, 2.05) is 39.0 Å². The minimum absolute atomic E-state index is 0.0398. The molecule has 3 N–H and O–H groups in total. The highest BCUT2D eigenvalue weighted by molar-refractivity contribution is 5.91. The molecule has 234 valence electrons. The van der Waals surface area contributed by atoms with Crippen molar-refractivity contribution in [1.82, 2.24) is 5.32 Å². The van der Waals surface area contributed by atoms with Crippen LogP contribution in [0.4, 0.5) is 5.69 Å². The van der Waals surface area contributed by atoms with Crippen LogP contribution in [-0.2, 0) is 35.2 Å². The van der Waals surface area contributed by atoms with Gasteiger partial charge < -0.3 is 30.0 Å². The van der Waals surface area contributed by atoms with Gasteiger partial charge in [0.2, 0.25) is 5.91 Å². The summed E-state index contributed by atoms with van der Waals surface area (Å²) < 4.78 is 14.7. The Labute approximate surface area is 244 Å². The Bertz CT molecular complexity index is 694. The Kier molecular flexibility index (Phi) is 45.4. The SMILES string of the molecule is CC.CCCCOC.CCCCOCc1ccc(C)c(NC(=O)CCCCNC/C=C\C=O)c1.COC.O=CO. The number of carboxylic acid groups (broad SMARTS) is 1. The summed E-state index contributed by atoms with van der Waals surface area (Å²) in [6.45, 7) is 13.8. The molecule has 1 amide bonds. The van der Waals surface area contributed by atoms with Crippen LogP contribution in [0.3, 0.4) is 0 Å². The number of hydrogen-bond acceptors (Lipinski definition) is 7. The summed E-state index contributed by atoms with van der Waals surface area (Å²) in [4.78, 5) is 30.6. The van der Waals surface area contributed by atoms with Crippen molar-refractivity contribution in [3.63, 3.8) is 0 Å². The van der Waals surface area contributed by atoms with E-state index >= 15 is 0 Å². The third-order valence-electron chi connectivity index (χ3n) is 4.67. The first-order valence-corrected chi connectivity index (χ1v) is 14.2. The van der Waals surface area contributed by atoms with Gasteiger partial charge in [0.05, 0.1) is 6.61 Å². The summed E-state index contributed by atoms with van der Waals surface area (Å²) in [6, 6.07) is 6.06. The van der Waals surface area contributed by atoms with Crippen molar-refractivity contribution in [2.24, 2.45) is 0 Å². The third kappa shape index (κ3) is 37.6. The molecule has 0 saturated heterocycles. The van der Waals surface area contributed by atoms with Crippen LogP contribution in [0.1, 0.15) is 83.8 Å². The number of carbonyl (C=O) groups is 3. The number of ether oxygens (including phenoxy) is 3. The predicted octanol–water partition coefficient (Wildman–Crippen LogP) is 6.19. The Morgan fingerprint density at radius 1 is 0.975 bits per heavy atom. The first-order chi connectivity index (χ1) is 19.4. The van der Waals surface area contributed by atoms with E-state index in [4.69, 9.17) is 19.4 Å². The van der Waals surface area contributed by atoms with E-state index in [1.54, 1.807) is 27.4 Å². The first kappa shape index (κ1) is 44.4. The maximum atomic E-state index is 12.1. The zero-order valence-electron chi connectivity index (χ0n) is 26.4. The first-order valence-electron chi connectivity index (χ1n) is 14.2. The van der Waals surface area contributed by atoms with E-state index < -0.39 is 0 Å². The van der Waals surface area contributed by atoms with Gasteiger partial charge in [0.25, 0.3) is 6.47 Å². The zero-order chi connectivity index (χ0) is 31.3. The lowest BCUT2D eigenvalue weighted by atomic mass is 10.1. The molecule has 0 fully saturated rings. The standard InChI is InChI=1S/C21H32N2O3.C5H12O.C2H6O.C2H6.CH2O2/c1-3-4-15-26-17-19-11-10-18(2)20(16-19)23-21(25)9-5-6-12-22-13-7-8-14-24;1-3-4-5-6-2;1-3-2;1-2;2-1-3/h7-8,10-11,14,16,22H,3-6,9,12-13,15,17H2,1-2H3,(H,23,25);3-5H2,1-2H3;1-2H3;1-2H3;1H,(H,2,3)/b8-7-;;;;. The van der Waals surface area contributed by atoms with Crippen LogP contribution >= 0.6 is 0 Å². The monoisotopic (exact) mass is 570 g/mol. The topological polar surface area (TPSA) is 123 Å². The highest BCUT2D eigenvalue weighted by Crippen LogP contribution is 2.18. The molecule has 0 saturated carbocycles. The molecule has 0 aliphatic rings. The van der Waals surface area contributed by atoms with Gasteiger partial charge in [0.1, 0.15) is 6.29 Å². The average Bonchev–Trinajstić information content (AvgIpc) is 2.95. The molecule has 0 bridgehead atoms. The number of carbonyl (C=O) groups excluding carboxylic acids is 2. The quantitative estimate of drug-likeness (QED) is 0.115. The molecule has 1 rings (SSSR count). The molecule has 0 atom stereocenters. The van der Waals surface area contributed by atoms with E-state index in [-0.39, 0.29) is 12.4 Å². The summed E-state index contributed by atoms with van der Waals surface area (Å²) in [5.41, 5.74) is 3.00. The molecule has 40 heavy (non-hydrogen) atoms. The molecular weight excluding hydrogens is 512 g/mol. The number of rotatable bonds is 17. The average molecular weight is 571 g/mol. The Morgan fingerprint density at radius 3 is 2.10 bits per heavy atom. The van der Waals surface area contributed by atoms with Crippen LogP contribution in [0.15, 0.2) is 30.4 Å². The molecule has 0 unspecified atom stereocenters. The van der Waals surface area contributed by atoms with E-state index in [9.17, 15) is 9.59 Å². The molecule has 0 aliphatic heterocycles. The normalized spacial score (nSPS) is 9.40. The molecule has 0 spiro atoms. The number of anilines is 1. The van der Waals surface area contributed by atoms with Crippen molar-refractivity contribution in [2.45, 2.75) is 86.2 Å². The van der Waals surface area contributed by atoms with Gasteiger partial charge in [-0.25, -0.2) is 0 Å². The largest absolute Gasteiger partial charge is 0.483 e. The van der Waals surface area contributed by atoms with Crippen LogP contribution in [0, 0.1) is 6.92 Å². The maximum absolute atomic E-state index is 12.1. The second-order valence-electron chi connectivity index (χ2n) is 8.19. The third-order valence-corrected chi connectivity index (χ3v) is 4.67. The van der Waals surface area contributed by atoms with E-state index in [0.29, 0.717) is 19.6 Å². The summed E-state index contributed by atoms with van der Waals surface area (Å²) in [6.07, 6.45) is 10.9. The summed E-state index contributed by atoms with van der Waals surface area (Å²) >= 11 is 0. The van der Waals surface area contributed by atoms with Gasteiger partial charge in [-0.2, -0.15) is 0 Å². The van der Waals surface area contributed by atoms with Crippen molar-refractivity contribution >= 4 is 24.4 Å². The fraction of sp³-hybridized carbons (Fsp3) is 0.645. The Morgan fingerprint density at radius 2 is 1.57 bits per heavy atom. The number of benzene rings is 1. The van der Waals surface area contributed by atoms with E-state index in [2.05, 4.69) is 29.2 Å². The number of hydrogen-bond donors (Lipinski definition) is 3. The van der Waals surface area contributed by atoms with Crippen LogP contribution in [0.25, 0.3) is 0 Å². The minimum Gasteiger partial charge on any atom is -0.483 e. The number of aryl methyl sites for hydroxylation is 1. The van der Waals surface area contributed by atoms with Crippen LogP contribution in [0.2, 0.25) is 0 Å². The van der Waals surface area contributed by atoms with Crippen LogP contribution < -0.4 is 10.6 Å². The summed E-state index contributed by atoms with van der Waals surface area (Å²) in [5, 5.41) is 13.1. The second-order valence-corrected chi connectivity index (χ2v) is 8.19. The predicted molar refractivity (Wildman–Crippen MR) is 166 cm³/mol. The van der Waals surface area contributed by atoms with Crippen molar-refractivity contribution in [1.29, 1.82) is 0 Å². The number of unbranched alkanes of at least 4 members (excludes halogenated alkanes) is 3. The van der Waals surface area contributed by atoms with Gasteiger partial charge in [-0.3, -0.25) is 14.4 Å². The zero-order valence-corrected chi connectivity index (χ0v) is 26.4. The van der Waals surface area contributed by atoms with E-state index in [0.717, 1.165) is 68.5 Å². The molecule has 1 aromatic rings. The van der Waals surface area contributed by atoms with E-state index in [1.165, 1.54) is 18.9 Å². The fourth-order valence-corrected chi connectivity index (χ4v) is 2.68. The molecular formula is C31H58N2O7. The number of allylic oxidation sites excluding steroid dienone is 1. The highest BCUT2D eigenvalue weighted by Gasteiger charge is 2.06. The molecule has 0 radical (unpaired) electrons. The molecule has 0 heterocycles. The molecule has 1 aromatic carbocycles. The number of nitrogens with one attached hydrogen (secondary N) is 2. The van der Waals surface area contributed by atoms with Gasteiger partial charge in [0.15, 0.2) is 0 Å². The van der Waals surface area contributed by atoms with Gasteiger partial charge in [0, 0.05) is 53.2 Å². The minimum atomic E-state index is -0.250. The summed E-state index contributed by atoms with van der Waals surface area (Å²) in [5.74, 6) is 0.0398. The van der Waals surface area contributed by atoms with Gasteiger partial charge in [-0.05, 0) is 62.4 Å². The molecule has 9 nitrogen and oxygen atoms in total. The molecule has 0 aromatic heterocycles. The fourth-order valence-electron chi connectivity index (χ4n) is 2.68. The molecule has 0 aliphatic carbocycles. The Hall–Kier alpha value is -2.59. The number of aldehydes is 1. The summed E-state index contributed by atoms with van der Waals surface area (Å²) in [7, 11) is 4.98. The van der Waals surface area contributed by atoms with Crippen molar-refractivity contribution < 1.29 is 33.7 Å². The van der Waals surface area contributed by atoms with Crippen molar-refractivity contribution in [3.8, 4) is 0 Å². The number of amides is 1. The lowest BCUT2D eigenvalue weighted by Crippen LogP contribution is -2.16. The number of methoxy groups -OCH3 is 2. The van der Waals surface area contributed by atoms with Crippen LogP contribution in [0.5, 0.6) is 0 Å².